The third kappa shape index (κ3) is 2.44. The van der Waals surface area contributed by atoms with Crippen molar-refractivity contribution in [3.63, 3.8) is 0 Å². The summed E-state index contributed by atoms with van der Waals surface area (Å²) in [6.45, 7) is 3.30. The van der Waals surface area contributed by atoms with Crippen LogP contribution in [0.5, 0.6) is 0 Å². The lowest BCUT2D eigenvalue weighted by Gasteiger charge is -2.52. The van der Waals surface area contributed by atoms with E-state index in [1.54, 1.807) is 0 Å². The summed E-state index contributed by atoms with van der Waals surface area (Å²) in [5, 5.41) is 6.95. The van der Waals surface area contributed by atoms with Crippen molar-refractivity contribution in [2.75, 3.05) is 13.2 Å². The topological polar surface area (TPSA) is 82.5 Å². The summed E-state index contributed by atoms with van der Waals surface area (Å²) in [4.78, 5) is 23.7. The lowest BCUT2D eigenvalue weighted by molar-refractivity contribution is -0.194. The standard InChI is InChI=1S/C15H21N3O4/c1-3-21-12-9-11(15(12)7-4-8-22-15)16-14(20)10-5-6-13(19)18(2)17-10/h5-6,11-12H,3-4,7-9H2,1-2H3,(H,16,20). The lowest BCUT2D eigenvalue weighted by Crippen LogP contribution is -2.69. The number of amides is 1. The molecule has 22 heavy (non-hydrogen) atoms. The van der Waals surface area contributed by atoms with Crippen LogP contribution >= 0.6 is 0 Å². The van der Waals surface area contributed by atoms with E-state index in [0.717, 1.165) is 23.9 Å². The summed E-state index contributed by atoms with van der Waals surface area (Å²) in [5.41, 5.74) is -0.408. The molecule has 7 heteroatoms. The van der Waals surface area contributed by atoms with Crippen LogP contribution in [0.4, 0.5) is 0 Å². The van der Waals surface area contributed by atoms with Gasteiger partial charge in [0.25, 0.3) is 11.5 Å². The lowest BCUT2D eigenvalue weighted by atomic mass is 9.70. The molecule has 0 bridgehead atoms. The number of aryl methyl sites for hydroxylation is 1. The zero-order valence-corrected chi connectivity index (χ0v) is 12.9. The molecule has 120 valence electrons. The Kier molecular flexibility index (Phi) is 4.01. The zero-order chi connectivity index (χ0) is 15.7. The molecule has 1 saturated heterocycles. The smallest absolute Gasteiger partial charge is 0.272 e. The van der Waals surface area contributed by atoms with E-state index in [-0.39, 0.29) is 29.3 Å². The van der Waals surface area contributed by atoms with E-state index >= 15 is 0 Å². The second-order valence-electron chi connectivity index (χ2n) is 5.79. The Morgan fingerprint density at radius 3 is 3.05 bits per heavy atom. The van der Waals surface area contributed by atoms with Crippen LogP contribution in [-0.2, 0) is 16.5 Å². The van der Waals surface area contributed by atoms with E-state index in [1.165, 1.54) is 19.2 Å². The van der Waals surface area contributed by atoms with Gasteiger partial charge in [0.2, 0.25) is 0 Å². The van der Waals surface area contributed by atoms with E-state index in [2.05, 4.69) is 10.4 Å². The molecule has 1 aliphatic heterocycles. The van der Waals surface area contributed by atoms with Crippen molar-refractivity contribution in [3.05, 3.63) is 28.2 Å². The molecule has 0 aromatic carbocycles. The van der Waals surface area contributed by atoms with Gasteiger partial charge in [-0.15, -0.1) is 0 Å². The normalized spacial score (nSPS) is 30.3. The molecule has 2 fully saturated rings. The maximum Gasteiger partial charge on any atom is 0.272 e. The number of hydrogen-bond donors (Lipinski definition) is 1. The molecule has 1 aromatic rings. The van der Waals surface area contributed by atoms with Gasteiger partial charge in [-0.25, -0.2) is 4.68 Å². The van der Waals surface area contributed by atoms with Crippen LogP contribution in [0.3, 0.4) is 0 Å². The second-order valence-corrected chi connectivity index (χ2v) is 5.79. The first-order valence-electron chi connectivity index (χ1n) is 7.67. The highest BCUT2D eigenvalue weighted by Gasteiger charge is 2.59. The highest BCUT2D eigenvalue weighted by atomic mass is 16.6. The molecule has 1 aromatic heterocycles. The van der Waals surface area contributed by atoms with Crippen molar-refractivity contribution in [3.8, 4) is 0 Å². The van der Waals surface area contributed by atoms with Crippen LogP contribution < -0.4 is 10.9 Å². The first-order valence-corrected chi connectivity index (χ1v) is 7.67. The van der Waals surface area contributed by atoms with E-state index in [0.29, 0.717) is 13.2 Å². The van der Waals surface area contributed by atoms with Crippen LogP contribution in [0.2, 0.25) is 0 Å². The number of ether oxygens (including phenoxy) is 2. The first-order chi connectivity index (χ1) is 10.6. The minimum absolute atomic E-state index is 0.0402. The molecule has 1 spiro atoms. The fraction of sp³-hybridized carbons (Fsp3) is 0.667. The number of carbonyl (C=O) groups is 1. The van der Waals surface area contributed by atoms with Crippen molar-refractivity contribution >= 4 is 5.91 Å². The molecular formula is C15H21N3O4. The molecule has 3 unspecified atom stereocenters. The Bertz CT molecular complexity index is 621. The molecular weight excluding hydrogens is 286 g/mol. The van der Waals surface area contributed by atoms with Gasteiger partial charge < -0.3 is 14.8 Å². The SMILES string of the molecule is CCOC1CC(NC(=O)c2ccc(=O)n(C)n2)C12CCCO2. The number of carbonyl (C=O) groups excluding carboxylic acids is 1. The van der Waals surface area contributed by atoms with Gasteiger partial charge >= 0.3 is 0 Å². The molecule has 1 aliphatic carbocycles. The highest BCUT2D eigenvalue weighted by Crippen LogP contribution is 2.45. The van der Waals surface area contributed by atoms with Crippen molar-refractivity contribution in [1.82, 2.24) is 15.1 Å². The minimum atomic E-state index is -0.396. The number of nitrogens with one attached hydrogen (secondary N) is 1. The van der Waals surface area contributed by atoms with Crippen molar-refractivity contribution < 1.29 is 14.3 Å². The summed E-state index contributed by atoms with van der Waals surface area (Å²) >= 11 is 0. The maximum atomic E-state index is 12.3. The third-order valence-electron chi connectivity index (χ3n) is 4.53. The molecule has 3 rings (SSSR count). The Hall–Kier alpha value is -1.73. The molecule has 1 N–H and O–H groups in total. The van der Waals surface area contributed by atoms with E-state index < -0.39 is 5.60 Å². The van der Waals surface area contributed by atoms with Gasteiger partial charge in [-0.3, -0.25) is 9.59 Å². The zero-order valence-electron chi connectivity index (χ0n) is 12.9. The van der Waals surface area contributed by atoms with Gasteiger partial charge in [-0.2, -0.15) is 5.10 Å². The fourth-order valence-electron chi connectivity index (χ4n) is 3.34. The molecule has 7 nitrogen and oxygen atoms in total. The Morgan fingerprint density at radius 2 is 2.41 bits per heavy atom. The molecule has 0 radical (unpaired) electrons. The largest absolute Gasteiger partial charge is 0.375 e. The Balaban J connectivity index is 1.71. The van der Waals surface area contributed by atoms with E-state index in [9.17, 15) is 9.59 Å². The predicted octanol–water partition coefficient (Wildman–Crippen LogP) is 0.237. The molecule has 2 heterocycles. The van der Waals surface area contributed by atoms with Gasteiger partial charge in [0.05, 0.1) is 12.1 Å². The van der Waals surface area contributed by atoms with Crippen LogP contribution in [0.1, 0.15) is 36.7 Å². The second kappa shape index (κ2) is 5.81. The van der Waals surface area contributed by atoms with Gasteiger partial charge in [0, 0.05) is 26.3 Å². The van der Waals surface area contributed by atoms with Crippen molar-refractivity contribution in [2.24, 2.45) is 7.05 Å². The molecule has 1 saturated carbocycles. The van der Waals surface area contributed by atoms with Gasteiger partial charge in [-0.05, 0) is 32.3 Å². The van der Waals surface area contributed by atoms with Gasteiger partial charge in [-0.1, -0.05) is 0 Å². The first kappa shape index (κ1) is 15.2. The Labute approximate surface area is 128 Å². The van der Waals surface area contributed by atoms with Crippen LogP contribution in [0.15, 0.2) is 16.9 Å². The average molecular weight is 307 g/mol. The summed E-state index contributed by atoms with van der Waals surface area (Å²) in [6, 6.07) is 2.71. The molecule has 3 atom stereocenters. The Morgan fingerprint density at radius 1 is 1.59 bits per heavy atom. The van der Waals surface area contributed by atoms with Crippen LogP contribution in [-0.4, -0.2) is 46.6 Å². The number of aromatic nitrogens is 2. The number of hydrogen-bond acceptors (Lipinski definition) is 5. The van der Waals surface area contributed by atoms with Crippen molar-refractivity contribution in [2.45, 2.75) is 43.9 Å². The summed E-state index contributed by atoms with van der Waals surface area (Å²) in [6.07, 6.45) is 2.65. The van der Waals surface area contributed by atoms with E-state index in [4.69, 9.17) is 9.47 Å². The molecule has 2 aliphatic rings. The van der Waals surface area contributed by atoms with E-state index in [1.807, 2.05) is 6.92 Å². The fourth-order valence-corrected chi connectivity index (χ4v) is 3.34. The van der Waals surface area contributed by atoms with Gasteiger partial charge in [0.1, 0.15) is 11.3 Å². The maximum absolute atomic E-state index is 12.3. The predicted molar refractivity (Wildman–Crippen MR) is 78.7 cm³/mol. The minimum Gasteiger partial charge on any atom is -0.375 e. The number of rotatable bonds is 4. The summed E-state index contributed by atoms with van der Waals surface area (Å²) < 4.78 is 12.8. The van der Waals surface area contributed by atoms with Crippen LogP contribution in [0, 0.1) is 0 Å². The quantitative estimate of drug-likeness (QED) is 0.861. The summed E-state index contributed by atoms with van der Waals surface area (Å²) in [7, 11) is 1.52. The molecule has 1 amide bonds. The monoisotopic (exact) mass is 307 g/mol. The third-order valence-corrected chi connectivity index (χ3v) is 4.53. The highest BCUT2D eigenvalue weighted by molar-refractivity contribution is 5.92. The number of nitrogens with zero attached hydrogens (tertiary/aromatic N) is 2. The van der Waals surface area contributed by atoms with Crippen molar-refractivity contribution in [1.29, 1.82) is 0 Å². The van der Waals surface area contributed by atoms with Crippen LogP contribution in [0.25, 0.3) is 0 Å². The summed E-state index contributed by atoms with van der Waals surface area (Å²) in [5.74, 6) is -0.287. The van der Waals surface area contributed by atoms with Gasteiger partial charge in [0.15, 0.2) is 0 Å². The average Bonchev–Trinajstić information content (AvgIpc) is 3.01.